The van der Waals surface area contributed by atoms with Gasteiger partial charge in [-0.15, -0.1) is 0 Å². The van der Waals surface area contributed by atoms with Crippen LogP contribution in [0.2, 0.25) is 5.02 Å². The van der Waals surface area contributed by atoms with Crippen molar-refractivity contribution in [3.05, 3.63) is 52.9 Å². The second kappa shape index (κ2) is 7.82. The van der Waals surface area contributed by atoms with Crippen LogP contribution in [-0.4, -0.2) is 17.9 Å². The highest BCUT2D eigenvalue weighted by Crippen LogP contribution is 2.36. The smallest absolute Gasteiger partial charge is 0.417 e. The van der Waals surface area contributed by atoms with E-state index in [9.17, 15) is 22.8 Å². The summed E-state index contributed by atoms with van der Waals surface area (Å²) in [5, 5.41) is 4.40. The zero-order chi connectivity index (χ0) is 19.5. The molecule has 140 valence electrons. The van der Waals surface area contributed by atoms with Crippen LogP contribution < -0.4 is 10.6 Å². The van der Waals surface area contributed by atoms with Crippen molar-refractivity contribution in [2.45, 2.75) is 26.1 Å². The number of carbonyl (C=O) groups is 2. The van der Waals surface area contributed by atoms with Crippen LogP contribution in [0.1, 0.15) is 30.0 Å². The Balaban J connectivity index is 2.16. The number of alkyl halides is 3. The molecule has 1 atom stereocenters. The van der Waals surface area contributed by atoms with Crippen LogP contribution >= 0.6 is 11.6 Å². The van der Waals surface area contributed by atoms with Crippen LogP contribution in [0.5, 0.6) is 0 Å². The van der Waals surface area contributed by atoms with Gasteiger partial charge in [0, 0.05) is 5.69 Å². The van der Waals surface area contributed by atoms with E-state index in [1.54, 1.807) is 13.8 Å². The molecule has 2 amide bonds. The highest BCUT2D eigenvalue weighted by molar-refractivity contribution is 6.31. The number of furan rings is 1. The minimum absolute atomic E-state index is 0.0225. The predicted octanol–water partition coefficient (Wildman–Crippen LogP) is 4.34. The number of amides is 2. The molecule has 0 saturated heterocycles. The molecule has 26 heavy (non-hydrogen) atoms. The Labute approximate surface area is 152 Å². The van der Waals surface area contributed by atoms with Crippen LogP contribution in [0.4, 0.5) is 18.9 Å². The van der Waals surface area contributed by atoms with E-state index in [-0.39, 0.29) is 17.4 Å². The molecule has 2 aromatic rings. The van der Waals surface area contributed by atoms with E-state index in [1.807, 2.05) is 0 Å². The molecule has 2 N–H and O–H groups in total. The lowest BCUT2D eigenvalue weighted by Crippen LogP contribution is -2.47. The fraction of sp³-hybridized carbons (Fsp3) is 0.294. The summed E-state index contributed by atoms with van der Waals surface area (Å²) in [7, 11) is 0. The standard InChI is InChI=1S/C17H16ClF3N2O3/c1-9(2)14(23-15(24)13-4-3-7-26-13)16(25)22-10-5-6-12(18)11(8-10)17(19,20)21/h3-9,14H,1-2H3,(H,22,25)(H,23,24). The topological polar surface area (TPSA) is 71.3 Å². The lowest BCUT2D eigenvalue weighted by molar-refractivity contribution is -0.137. The Morgan fingerprint density at radius 2 is 1.88 bits per heavy atom. The van der Waals surface area contributed by atoms with E-state index in [0.717, 1.165) is 12.1 Å². The van der Waals surface area contributed by atoms with Crippen molar-refractivity contribution >= 4 is 29.1 Å². The van der Waals surface area contributed by atoms with Gasteiger partial charge < -0.3 is 15.1 Å². The number of nitrogens with one attached hydrogen (secondary N) is 2. The molecule has 0 radical (unpaired) electrons. The van der Waals surface area contributed by atoms with E-state index >= 15 is 0 Å². The van der Waals surface area contributed by atoms with Gasteiger partial charge in [0.2, 0.25) is 5.91 Å². The summed E-state index contributed by atoms with van der Waals surface area (Å²) in [4.78, 5) is 24.5. The quantitative estimate of drug-likeness (QED) is 0.800. The fourth-order valence-corrected chi connectivity index (χ4v) is 2.42. The molecule has 5 nitrogen and oxygen atoms in total. The lowest BCUT2D eigenvalue weighted by Gasteiger charge is -2.21. The Morgan fingerprint density at radius 3 is 2.42 bits per heavy atom. The molecular formula is C17H16ClF3N2O3. The van der Waals surface area contributed by atoms with Gasteiger partial charge in [-0.25, -0.2) is 0 Å². The van der Waals surface area contributed by atoms with Crippen molar-refractivity contribution in [3.63, 3.8) is 0 Å². The average Bonchev–Trinajstić information content (AvgIpc) is 3.07. The number of carbonyl (C=O) groups excluding carboxylic acids is 2. The summed E-state index contributed by atoms with van der Waals surface area (Å²) in [5.74, 6) is -1.55. The predicted molar refractivity (Wildman–Crippen MR) is 89.9 cm³/mol. The highest BCUT2D eigenvalue weighted by atomic mass is 35.5. The number of benzene rings is 1. The van der Waals surface area contributed by atoms with Crippen molar-refractivity contribution in [1.82, 2.24) is 5.32 Å². The van der Waals surface area contributed by atoms with Crippen LogP contribution in [0, 0.1) is 5.92 Å². The second-order valence-corrected chi connectivity index (χ2v) is 6.26. The van der Waals surface area contributed by atoms with Crippen LogP contribution in [0.25, 0.3) is 0 Å². The fourth-order valence-electron chi connectivity index (χ4n) is 2.20. The zero-order valence-electron chi connectivity index (χ0n) is 13.9. The average molecular weight is 389 g/mol. The molecule has 9 heteroatoms. The van der Waals surface area contributed by atoms with E-state index < -0.39 is 34.6 Å². The minimum atomic E-state index is -4.65. The Hall–Kier alpha value is -2.48. The number of halogens is 4. The molecule has 2 rings (SSSR count). The Bertz CT molecular complexity index is 789. The lowest BCUT2D eigenvalue weighted by atomic mass is 10.0. The summed E-state index contributed by atoms with van der Waals surface area (Å²) >= 11 is 5.56. The first kappa shape index (κ1) is 19.8. The molecule has 0 spiro atoms. The molecule has 0 saturated carbocycles. The molecule has 0 aliphatic rings. The van der Waals surface area contributed by atoms with Gasteiger partial charge in [-0.05, 0) is 36.2 Å². The van der Waals surface area contributed by atoms with Crippen LogP contribution in [-0.2, 0) is 11.0 Å². The van der Waals surface area contributed by atoms with Crippen LogP contribution in [0.15, 0.2) is 41.0 Å². The van der Waals surface area contributed by atoms with Gasteiger partial charge in [0.25, 0.3) is 5.91 Å². The number of hydrogen-bond acceptors (Lipinski definition) is 3. The summed E-state index contributed by atoms with van der Waals surface area (Å²) in [6.45, 7) is 3.38. The summed E-state index contributed by atoms with van der Waals surface area (Å²) in [5.41, 5.74) is -1.14. The minimum Gasteiger partial charge on any atom is -0.459 e. The Morgan fingerprint density at radius 1 is 1.19 bits per heavy atom. The first-order valence-corrected chi connectivity index (χ1v) is 7.99. The van der Waals surface area contributed by atoms with Crippen molar-refractivity contribution in [2.75, 3.05) is 5.32 Å². The molecule has 1 aromatic heterocycles. The second-order valence-electron chi connectivity index (χ2n) is 5.85. The van der Waals surface area contributed by atoms with Gasteiger partial charge in [0.15, 0.2) is 5.76 Å². The maximum Gasteiger partial charge on any atom is 0.417 e. The van der Waals surface area contributed by atoms with Gasteiger partial charge in [-0.2, -0.15) is 13.2 Å². The van der Waals surface area contributed by atoms with Crippen molar-refractivity contribution in [3.8, 4) is 0 Å². The maximum absolute atomic E-state index is 12.9. The molecule has 1 aromatic carbocycles. The largest absolute Gasteiger partial charge is 0.459 e. The monoisotopic (exact) mass is 388 g/mol. The first-order valence-electron chi connectivity index (χ1n) is 7.61. The van der Waals surface area contributed by atoms with Gasteiger partial charge in [-0.1, -0.05) is 25.4 Å². The number of anilines is 1. The highest BCUT2D eigenvalue weighted by Gasteiger charge is 2.34. The summed E-state index contributed by atoms with van der Waals surface area (Å²) < 4.78 is 43.7. The summed E-state index contributed by atoms with van der Waals surface area (Å²) in [6.07, 6.45) is -3.34. The third-order valence-corrected chi connectivity index (χ3v) is 3.85. The molecule has 1 heterocycles. The van der Waals surface area contributed by atoms with Crippen LogP contribution in [0.3, 0.4) is 0 Å². The van der Waals surface area contributed by atoms with Crippen molar-refractivity contribution in [1.29, 1.82) is 0 Å². The van der Waals surface area contributed by atoms with Crippen molar-refractivity contribution in [2.24, 2.45) is 5.92 Å². The third-order valence-electron chi connectivity index (χ3n) is 3.52. The molecule has 0 bridgehead atoms. The maximum atomic E-state index is 12.9. The van der Waals surface area contributed by atoms with Crippen molar-refractivity contribution < 1.29 is 27.2 Å². The van der Waals surface area contributed by atoms with Gasteiger partial charge >= 0.3 is 6.18 Å². The SMILES string of the molecule is CC(C)C(NC(=O)c1ccco1)C(=O)Nc1ccc(Cl)c(C(F)(F)F)c1. The molecule has 0 aliphatic heterocycles. The van der Waals surface area contributed by atoms with E-state index in [2.05, 4.69) is 10.6 Å². The van der Waals surface area contributed by atoms with E-state index in [0.29, 0.717) is 0 Å². The van der Waals surface area contributed by atoms with E-state index in [1.165, 1.54) is 24.5 Å². The molecule has 0 fully saturated rings. The normalized spacial score (nSPS) is 12.7. The van der Waals surface area contributed by atoms with E-state index in [4.69, 9.17) is 16.0 Å². The van der Waals surface area contributed by atoms with Gasteiger partial charge in [0.05, 0.1) is 16.8 Å². The first-order chi connectivity index (χ1) is 12.1. The van der Waals surface area contributed by atoms with Gasteiger partial charge in [-0.3, -0.25) is 9.59 Å². The molecule has 1 unspecified atom stereocenters. The number of rotatable bonds is 5. The molecule has 0 aliphatic carbocycles. The third kappa shape index (κ3) is 4.78. The molecular weight excluding hydrogens is 373 g/mol. The summed E-state index contributed by atoms with van der Waals surface area (Å²) in [6, 6.07) is 5.02. The zero-order valence-corrected chi connectivity index (χ0v) is 14.6. The Kier molecular flexibility index (Phi) is 5.97. The number of hydrogen-bond donors (Lipinski definition) is 2. The van der Waals surface area contributed by atoms with Gasteiger partial charge in [0.1, 0.15) is 6.04 Å².